The number of amides is 1. The van der Waals surface area contributed by atoms with Gasteiger partial charge in [0.15, 0.2) is 0 Å². The molecule has 1 aliphatic carbocycles. The molecule has 0 spiro atoms. The Morgan fingerprint density at radius 1 is 1.16 bits per heavy atom. The summed E-state index contributed by atoms with van der Waals surface area (Å²) in [4.78, 5) is 20.1. The molecule has 0 aliphatic heterocycles. The van der Waals surface area contributed by atoms with Crippen LogP contribution in [0.4, 0.5) is 0 Å². The van der Waals surface area contributed by atoms with Crippen LogP contribution in [-0.2, 0) is 17.8 Å². The molecule has 0 radical (unpaired) electrons. The first kappa shape index (κ1) is 20.8. The predicted octanol–water partition coefficient (Wildman–Crippen LogP) is 5.02. The fourth-order valence-corrected chi connectivity index (χ4v) is 4.15. The minimum Gasteiger partial charge on any atom is -0.419 e. The Morgan fingerprint density at radius 3 is 2.75 bits per heavy atom. The van der Waals surface area contributed by atoms with Gasteiger partial charge in [-0.2, -0.15) is 4.98 Å². The summed E-state index contributed by atoms with van der Waals surface area (Å²) in [5, 5.41) is 14.9. The number of benzene rings is 1. The van der Waals surface area contributed by atoms with Crippen molar-refractivity contribution in [2.75, 3.05) is 0 Å². The zero-order chi connectivity index (χ0) is 21.9. The predicted molar refractivity (Wildman–Crippen MR) is 119 cm³/mol. The van der Waals surface area contributed by atoms with E-state index < -0.39 is 0 Å². The largest absolute Gasteiger partial charge is 0.419 e. The minimum absolute atomic E-state index is 0.0664. The van der Waals surface area contributed by atoms with Crippen LogP contribution in [0.5, 0.6) is 0 Å². The van der Waals surface area contributed by atoms with Gasteiger partial charge < -0.3 is 13.8 Å². The summed E-state index contributed by atoms with van der Waals surface area (Å²) < 4.78 is 11.1. The van der Waals surface area contributed by atoms with Crippen molar-refractivity contribution in [2.45, 2.75) is 44.7 Å². The van der Waals surface area contributed by atoms with Gasteiger partial charge in [0.05, 0.1) is 11.4 Å². The lowest BCUT2D eigenvalue weighted by atomic mass is 10.2. The maximum Gasteiger partial charge on any atom is 0.247 e. The second-order valence-corrected chi connectivity index (χ2v) is 8.99. The van der Waals surface area contributed by atoms with E-state index in [1.54, 1.807) is 23.5 Å². The summed E-state index contributed by atoms with van der Waals surface area (Å²) in [5.41, 5.74) is 0.791. The van der Waals surface area contributed by atoms with Crippen molar-refractivity contribution in [1.82, 2.24) is 25.2 Å². The zero-order valence-electron chi connectivity index (χ0n) is 17.1. The van der Waals surface area contributed by atoms with Gasteiger partial charge in [0, 0.05) is 29.5 Å². The second kappa shape index (κ2) is 9.22. The highest BCUT2D eigenvalue weighted by Crippen LogP contribution is 2.30. The lowest BCUT2D eigenvalue weighted by molar-refractivity contribution is -0.132. The van der Waals surface area contributed by atoms with Gasteiger partial charge in [-0.25, -0.2) is 0 Å². The fourth-order valence-electron chi connectivity index (χ4n) is 3.38. The van der Waals surface area contributed by atoms with E-state index in [1.165, 1.54) is 0 Å². The SMILES string of the molecule is O=C(CCCc1nc(-c2cccs2)no1)N(Cc1nnc(-c2ccc(Cl)cc2)o1)C1CC1. The molecule has 4 aromatic rings. The number of aryl methyl sites for hydroxylation is 1. The first-order valence-corrected chi connectivity index (χ1v) is 11.7. The van der Waals surface area contributed by atoms with E-state index in [4.69, 9.17) is 20.5 Å². The number of carbonyl (C=O) groups is 1. The third kappa shape index (κ3) is 4.89. The molecule has 3 heterocycles. The highest BCUT2D eigenvalue weighted by Gasteiger charge is 2.33. The van der Waals surface area contributed by atoms with Crippen LogP contribution in [0.1, 0.15) is 37.5 Å². The molecule has 1 aromatic carbocycles. The maximum absolute atomic E-state index is 12.9. The first-order valence-electron chi connectivity index (χ1n) is 10.4. The number of aromatic nitrogens is 4. The van der Waals surface area contributed by atoms with E-state index in [1.807, 2.05) is 34.5 Å². The van der Waals surface area contributed by atoms with E-state index in [9.17, 15) is 4.79 Å². The minimum atomic E-state index is 0.0664. The van der Waals surface area contributed by atoms with E-state index in [0.717, 1.165) is 23.3 Å². The topological polar surface area (TPSA) is 98.2 Å². The van der Waals surface area contributed by atoms with E-state index >= 15 is 0 Å². The molecule has 1 saturated carbocycles. The van der Waals surface area contributed by atoms with Crippen molar-refractivity contribution in [2.24, 2.45) is 0 Å². The molecule has 10 heteroatoms. The number of hydrogen-bond acceptors (Lipinski definition) is 8. The lowest BCUT2D eigenvalue weighted by Crippen LogP contribution is -2.32. The molecule has 164 valence electrons. The summed E-state index contributed by atoms with van der Waals surface area (Å²) >= 11 is 7.49. The van der Waals surface area contributed by atoms with Gasteiger partial charge in [0.2, 0.25) is 29.4 Å². The van der Waals surface area contributed by atoms with Gasteiger partial charge in [0.25, 0.3) is 0 Å². The first-order chi connectivity index (χ1) is 15.7. The molecule has 0 atom stereocenters. The van der Waals surface area contributed by atoms with Crippen LogP contribution in [0.2, 0.25) is 5.02 Å². The summed E-state index contributed by atoms with van der Waals surface area (Å²) in [6, 6.07) is 11.3. The van der Waals surface area contributed by atoms with Gasteiger partial charge >= 0.3 is 0 Å². The van der Waals surface area contributed by atoms with Gasteiger partial charge in [-0.15, -0.1) is 21.5 Å². The Morgan fingerprint density at radius 2 is 2.00 bits per heavy atom. The molecule has 0 saturated heterocycles. The molecule has 8 nitrogen and oxygen atoms in total. The molecular formula is C22H20ClN5O3S. The van der Waals surface area contributed by atoms with Crippen LogP contribution in [0.25, 0.3) is 22.2 Å². The maximum atomic E-state index is 12.9. The monoisotopic (exact) mass is 469 g/mol. The molecule has 0 N–H and O–H groups in total. The third-order valence-corrected chi connectivity index (χ3v) is 6.28. The van der Waals surface area contributed by atoms with Crippen LogP contribution >= 0.6 is 22.9 Å². The molecular weight excluding hydrogens is 450 g/mol. The highest BCUT2D eigenvalue weighted by atomic mass is 35.5. The molecule has 0 unspecified atom stereocenters. The highest BCUT2D eigenvalue weighted by molar-refractivity contribution is 7.13. The van der Waals surface area contributed by atoms with Crippen molar-refractivity contribution in [1.29, 1.82) is 0 Å². The molecule has 1 aliphatic rings. The summed E-state index contributed by atoms with van der Waals surface area (Å²) in [5.74, 6) is 2.04. The Bertz CT molecular complexity index is 1180. The van der Waals surface area contributed by atoms with Crippen molar-refractivity contribution in [3.63, 3.8) is 0 Å². The molecule has 1 fully saturated rings. The third-order valence-electron chi connectivity index (χ3n) is 5.16. The smallest absolute Gasteiger partial charge is 0.247 e. The zero-order valence-corrected chi connectivity index (χ0v) is 18.7. The molecule has 3 aromatic heterocycles. The standard InChI is InChI=1S/C22H20ClN5O3S/c23-15-8-6-14(7-9-15)22-26-25-19(30-22)13-28(16-10-11-16)20(29)5-1-4-18-24-21(27-31-18)17-3-2-12-32-17/h2-3,6-9,12,16H,1,4-5,10-11,13H2. The number of nitrogens with zero attached hydrogens (tertiary/aromatic N) is 5. The van der Waals surface area contributed by atoms with Gasteiger partial charge in [-0.05, 0) is 55.0 Å². The Balaban J connectivity index is 1.17. The number of hydrogen-bond donors (Lipinski definition) is 0. The average Bonchev–Trinajstić information content (AvgIpc) is 3.19. The summed E-state index contributed by atoms with van der Waals surface area (Å²) in [6.45, 7) is 0.313. The number of halogens is 1. The van der Waals surface area contributed by atoms with E-state index in [0.29, 0.717) is 54.3 Å². The Kier molecular flexibility index (Phi) is 6.00. The summed E-state index contributed by atoms with van der Waals surface area (Å²) in [7, 11) is 0. The van der Waals surface area contributed by atoms with Crippen molar-refractivity contribution >= 4 is 28.8 Å². The quantitative estimate of drug-likeness (QED) is 0.339. The Hall–Kier alpha value is -3.04. The van der Waals surface area contributed by atoms with Crippen molar-refractivity contribution < 1.29 is 13.7 Å². The fraction of sp³-hybridized carbons (Fsp3) is 0.318. The number of rotatable bonds is 9. The van der Waals surface area contributed by atoms with Crippen LogP contribution in [0.15, 0.2) is 50.7 Å². The second-order valence-electron chi connectivity index (χ2n) is 7.60. The van der Waals surface area contributed by atoms with Crippen LogP contribution < -0.4 is 0 Å². The normalized spacial score (nSPS) is 13.4. The van der Waals surface area contributed by atoms with Crippen molar-refractivity contribution in [3.8, 4) is 22.2 Å². The average molecular weight is 470 g/mol. The van der Waals surface area contributed by atoms with Gasteiger partial charge in [-0.1, -0.05) is 22.8 Å². The molecule has 1 amide bonds. The number of thiophene rings is 1. The van der Waals surface area contributed by atoms with Gasteiger partial charge in [0.1, 0.15) is 0 Å². The van der Waals surface area contributed by atoms with Crippen LogP contribution in [0.3, 0.4) is 0 Å². The summed E-state index contributed by atoms with van der Waals surface area (Å²) in [6.07, 6.45) is 3.58. The number of carbonyl (C=O) groups excluding carboxylic acids is 1. The molecule has 5 rings (SSSR count). The van der Waals surface area contributed by atoms with E-state index in [2.05, 4.69) is 20.3 Å². The molecule has 32 heavy (non-hydrogen) atoms. The van der Waals surface area contributed by atoms with Crippen LogP contribution in [0, 0.1) is 0 Å². The van der Waals surface area contributed by atoms with Gasteiger partial charge in [-0.3, -0.25) is 4.79 Å². The lowest BCUT2D eigenvalue weighted by Gasteiger charge is -2.20. The van der Waals surface area contributed by atoms with Crippen molar-refractivity contribution in [3.05, 3.63) is 58.6 Å². The Labute approximate surface area is 193 Å². The van der Waals surface area contributed by atoms with Crippen LogP contribution in [-0.4, -0.2) is 37.2 Å². The van der Waals surface area contributed by atoms with E-state index in [-0.39, 0.29) is 11.9 Å². The molecule has 0 bridgehead atoms.